The molecule has 0 saturated heterocycles. The van der Waals surface area contributed by atoms with E-state index in [0.717, 1.165) is 6.42 Å². The van der Waals surface area contributed by atoms with Gasteiger partial charge < -0.3 is 14.5 Å². The molecule has 0 radical (unpaired) electrons. The number of rotatable bonds is 7. The average molecular weight is 441 g/mol. The fourth-order valence-corrected chi connectivity index (χ4v) is 4.10. The predicted octanol–water partition coefficient (Wildman–Crippen LogP) is 2.68. The topological polar surface area (TPSA) is 116 Å². The molecule has 0 unspecified atom stereocenters. The normalized spacial score (nSPS) is 11.8. The Morgan fingerprint density at radius 1 is 1.24 bits per heavy atom. The highest BCUT2D eigenvalue weighted by molar-refractivity contribution is 8.13. The van der Waals surface area contributed by atoms with Crippen molar-refractivity contribution in [2.45, 2.75) is 38.5 Å². The minimum Gasteiger partial charge on any atom is -0.495 e. The van der Waals surface area contributed by atoms with Crippen LogP contribution in [-0.2, 0) is 15.5 Å². The summed E-state index contributed by atoms with van der Waals surface area (Å²) in [4.78, 5) is 19.6. The number of nitrogens with one attached hydrogen (secondary N) is 1. The number of nitrogens with zero attached hydrogens (tertiary/aromatic N) is 3. The Balaban J connectivity index is 2.35. The van der Waals surface area contributed by atoms with Gasteiger partial charge in [0.15, 0.2) is 11.3 Å². The first kappa shape index (κ1) is 21.1. The third kappa shape index (κ3) is 3.95. The summed E-state index contributed by atoms with van der Waals surface area (Å²) >= 11 is 0. The second-order valence-corrected chi connectivity index (χ2v) is 8.83. The van der Waals surface area contributed by atoms with Crippen molar-refractivity contribution in [2.75, 3.05) is 13.7 Å². The molecular weight excluding hydrogens is 420 g/mol. The molecule has 1 aromatic carbocycles. The van der Waals surface area contributed by atoms with Crippen LogP contribution in [0.5, 0.6) is 11.5 Å². The van der Waals surface area contributed by atoms with Gasteiger partial charge in [0.05, 0.1) is 25.0 Å². The number of ether oxygens (including phenoxy) is 2. The molecule has 2 aromatic heterocycles. The maximum Gasteiger partial charge on any atom is 0.277 e. The Morgan fingerprint density at radius 2 is 1.97 bits per heavy atom. The van der Waals surface area contributed by atoms with Crippen LogP contribution in [0.2, 0.25) is 0 Å². The maximum absolute atomic E-state index is 12.7. The van der Waals surface area contributed by atoms with Crippen LogP contribution in [0.25, 0.3) is 16.9 Å². The third-order valence-corrected chi connectivity index (χ3v) is 5.64. The molecule has 0 spiro atoms. The number of imidazole rings is 1. The van der Waals surface area contributed by atoms with E-state index in [9.17, 15) is 13.2 Å². The molecule has 0 fully saturated rings. The maximum atomic E-state index is 12.7. The Kier molecular flexibility index (Phi) is 5.85. The van der Waals surface area contributed by atoms with E-state index in [1.807, 2.05) is 6.92 Å². The lowest BCUT2D eigenvalue weighted by atomic mass is 10.1. The SMILES string of the molecule is CCCc1nc(C)c2c(=O)[nH]c(-c3cc(S(=O)(=O)Cl)c(OC)cc3OCC)nn12. The first-order valence-corrected chi connectivity index (χ1v) is 11.3. The third-order valence-electron chi connectivity index (χ3n) is 4.30. The number of fused-ring (bicyclic) bond motifs is 1. The van der Waals surface area contributed by atoms with Crippen molar-refractivity contribution in [1.29, 1.82) is 0 Å². The molecule has 0 aliphatic carbocycles. The molecular formula is C18H21ClN4O5S. The second-order valence-electron chi connectivity index (χ2n) is 6.30. The fourth-order valence-electron chi connectivity index (χ4n) is 3.09. The largest absolute Gasteiger partial charge is 0.495 e. The van der Waals surface area contributed by atoms with E-state index in [2.05, 4.69) is 15.1 Å². The summed E-state index contributed by atoms with van der Waals surface area (Å²) in [5, 5.41) is 4.51. The minimum atomic E-state index is -4.12. The van der Waals surface area contributed by atoms with E-state index in [0.29, 0.717) is 35.8 Å². The van der Waals surface area contributed by atoms with E-state index >= 15 is 0 Å². The van der Waals surface area contributed by atoms with E-state index < -0.39 is 14.6 Å². The molecule has 0 bridgehead atoms. The molecule has 2 heterocycles. The molecule has 11 heteroatoms. The summed E-state index contributed by atoms with van der Waals surface area (Å²) < 4.78 is 36.3. The van der Waals surface area contributed by atoms with Crippen LogP contribution < -0.4 is 15.0 Å². The van der Waals surface area contributed by atoms with Crippen molar-refractivity contribution >= 4 is 25.2 Å². The molecule has 3 rings (SSSR count). The minimum absolute atomic E-state index is 0.0285. The van der Waals surface area contributed by atoms with Crippen molar-refractivity contribution in [3.63, 3.8) is 0 Å². The number of benzene rings is 1. The Hall–Kier alpha value is -2.59. The fraction of sp³-hybridized carbons (Fsp3) is 0.389. The van der Waals surface area contributed by atoms with Crippen molar-refractivity contribution < 1.29 is 17.9 Å². The van der Waals surface area contributed by atoms with E-state index in [1.165, 1.54) is 23.8 Å². The van der Waals surface area contributed by atoms with Gasteiger partial charge in [-0.25, -0.2) is 17.9 Å². The molecule has 156 valence electrons. The van der Waals surface area contributed by atoms with Gasteiger partial charge in [-0.2, -0.15) is 0 Å². The van der Waals surface area contributed by atoms with Crippen LogP contribution in [0.4, 0.5) is 0 Å². The van der Waals surface area contributed by atoms with Gasteiger partial charge in [0.1, 0.15) is 22.2 Å². The molecule has 1 N–H and O–H groups in total. The number of aromatic nitrogens is 4. The Labute approximate surface area is 172 Å². The van der Waals surface area contributed by atoms with Crippen molar-refractivity contribution in [1.82, 2.24) is 19.6 Å². The molecule has 0 aliphatic rings. The van der Waals surface area contributed by atoms with Gasteiger partial charge in [-0.1, -0.05) is 6.92 Å². The molecule has 0 amide bonds. The van der Waals surface area contributed by atoms with Crippen LogP contribution in [0.1, 0.15) is 31.8 Å². The van der Waals surface area contributed by atoms with Gasteiger partial charge in [-0.15, -0.1) is 5.10 Å². The number of halogens is 1. The van der Waals surface area contributed by atoms with E-state index in [4.69, 9.17) is 20.2 Å². The van der Waals surface area contributed by atoms with Crippen LogP contribution >= 0.6 is 10.7 Å². The number of hydrogen-bond acceptors (Lipinski definition) is 7. The lowest BCUT2D eigenvalue weighted by molar-refractivity contribution is 0.336. The Morgan fingerprint density at radius 3 is 2.55 bits per heavy atom. The van der Waals surface area contributed by atoms with E-state index in [-0.39, 0.29) is 22.0 Å². The van der Waals surface area contributed by atoms with Crippen LogP contribution in [-0.4, -0.2) is 41.7 Å². The van der Waals surface area contributed by atoms with Gasteiger partial charge in [0, 0.05) is 23.2 Å². The first-order valence-electron chi connectivity index (χ1n) is 8.99. The number of aryl methyl sites for hydroxylation is 2. The van der Waals surface area contributed by atoms with Crippen LogP contribution in [0.15, 0.2) is 21.8 Å². The summed E-state index contributed by atoms with van der Waals surface area (Å²) in [5.41, 5.74) is 0.780. The highest BCUT2D eigenvalue weighted by Gasteiger charge is 2.23. The van der Waals surface area contributed by atoms with Gasteiger partial charge in [-0.05, 0) is 26.3 Å². The molecule has 29 heavy (non-hydrogen) atoms. The van der Waals surface area contributed by atoms with E-state index in [1.54, 1.807) is 13.8 Å². The van der Waals surface area contributed by atoms with Gasteiger partial charge >= 0.3 is 0 Å². The summed E-state index contributed by atoms with van der Waals surface area (Å²) in [6.07, 6.45) is 1.46. The van der Waals surface area contributed by atoms with Crippen LogP contribution in [0.3, 0.4) is 0 Å². The monoisotopic (exact) mass is 440 g/mol. The molecule has 0 aliphatic heterocycles. The summed E-state index contributed by atoms with van der Waals surface area (Å²) in [5.74, 6) is 1.10. The zero-order valence-corrected chi connectivity index (χ0v) is 18.0. The number of methoxy groups -OCH3 is 1. The summed E-state index contributed by atoms with van der Waals surface area (Å²) in [7, 11) is 2.78. The quantitative estimate of drug-likeness (QED) is 0.561. The molecule has 0 atom stereocenters. The van der Waals surface area contributed by atoms with Crippen molar-refractivity contribution in [2.24, 2.45) is 0 Å². The van der Waals surface area contributed by atoms with Crippen molar-refractivity contribution in [3.05, 3.63) is 34.0 Å². The number of aromatic amines is 1. The van der Waals surface area contributed by atoms with Crippen molar-refractivity contribution in [3.8, 4) is 22.9 Å². The molecule has 3 aromatic rings. The highest BCUT2D eigenvalue weighted by Crippen LogP contribution is 2.38. The zero-order chi connectivity index (χ0) is 21.3. The molecule has 9 nitrogen and oxygen atoms in total. The van der Waals surface area contributed by atoms with Crippen LogP contribution in [0, 0.1) is 6.92 Å². The lowest BCUT2D eigenvalue weighted by Gasteiger charge is -2.14. The zero-order valence-electron chi connectivity index (χ0n) is 16.4. The highest BCUT2D eigenvalue weighted by atomic mass is 35.7. The summed E-state index contributed by atoms with van der Waals surface area (Å²) in [6, 6.07) is 2.68. The Bertz CT molecular complexity index is 1230. The van der Waals surface area contributed by atoms with Gasteiger partial charge in [0.25, 0.3) is 14.6 Å². The first-order chi connectivity index (χ1) is 13.7. The lowest BCUT2D eigenvalue weighted by Crippen LogP contribution is -2.16. The second kappa shape index (κ2) is 8.03. The van der Waals surface area contributed by atoms with Gasteiger partial charge in [-0.3, -0.25) is 4.79 Å². The summed E-state index contributed by atoms with van der Waals surface area (Å²) in [6.45, 7) is 5.82. The number of H-pyrrole nitrogens is 1. The molecule has 0 saturated carbocycles. The average Bonchev–Trinajstić information content (AvgIpc) is 2.97. The standard InChI is InChI=1S/C18H21ClN4O5S/c1-5-7-15-20-10(3)16-18(24)21-17(22-23(15)16)11-8-14(29(19,25)26)13(27-4)9-12(11)28-6-2/h8-9H,5-7H2,1-4H3,(H,21,22,24). The smallest absolute Gasteiger partial charge is 0.277 e. The number of hydrogen-bond donors (Lipinski definition) is 1. The van der Waals surface area contributed by atoms with Gasteiger partial charge in [0.2, 0.25) is 0 Å². The predicted molar refractivity (Wildman–Crippen MR) is 109 cm³/mol.